The summed E-state index contributed by atoms with van der Waals surface area (Å²) in [6.45, 7) is -0.683. The minimum atomic E-state index is -4.74. The molecule has 0 saturated carbocycles. The Labute approximate surface area is 157 Å². The molecule has 0 spiro atoms. The number of alkyl halides is 5. The number of rotatable bonds is 5. The number of nitrogens with zero attached hydrogens (tertiary/aromatic N) is 2. The van der Waals surface area contributed by atoms with E-state index in [-0.39, 0.29) is 15.9 Å². The fraction of sp³-hybridized carbons (Fsp3) is 0.333. The molecule has 27 heavy (non-hydrogen) atoms. The van der Waals surface area contributed by atoms with E-state index in [1.54, 1.807) is 0 Å². The SMILES string of the molecule is Cc1c(Br)c(C(F)(F)F)nn1C(C)C(=O)Nc1ccc(F)cc1OC(F)F. The van der Waals surface area contributed by atoms with Gasteiger partial charge in [0.1, 0.15) is 11.9 Å². The molecule has 0 saturated heterocycles. The number of carbonyl (C=O) groups excluding carboxylic acids is 1. The van der Waals surface area contributed by atoms with Crippen molar-refractivity contribution in [2.45, 2.75) is 32.7 Å². The smallest absolute Gasteiger partial charge is 0.432 e. The van der Waals surface area contributed by atoms with Gasteiger partial charge in [0.15, 0.2) is 11.4 Å². The van der Waals surface area contributed by atoms with Crippen LogP contribution in [0.3, 0.4) is 0 Å². The van der Waals surface area contributed by atoms with Crippen molar-refractivity contribution >= 4 is 27.5 Å². The van der Waals surface area contributed by atoms with E-state index < -0.39 is 42.0 Å². The summed E-state index contributed by atoms with van der Waals surface area (Å²) in [5, 5.41) is 5.62. The molecule has 0 aliphatic heterocycles. The monoisotopic (exact) mass is 459 g/mol. The van der Waals surface area contributed by atoms with E-state index >= 15 is 0 Å². The third kappa shape index (κ3) is 4.73. The van der Waals surface area contributed by atoms with Crippen LogP contribution in [0.4, 0.5) is 32.0 Å². The van der Waals surface area contributed by atoms with Gasteiger partial charge in [-0.3, -0.25) is 9.48 Å². The summed E-state index contributed by atoms with van der Waals surface area (Å²) < 4.78 is 81.5. The van der Waals surface area contributed by atoms with Gasteiger partial charge >= 0.3 is 12.8 Å². The predicted molar refractivity (Wildman–Crippen MR) is 86.0 cm³/mol. The van der Waals surface area contributed by atoms with Crippen LogP contribution >= 0.6 is 15.9 Å². The first-order valence-corrected chi connectivity index (χ1v) is 8.08. The molecule has 0 fully saturated rings. The van der Waals surface area contributed by atoms with Crippen molar-refractivity contribution in [1.82, 2.24) is 9.78 Å². The van der Waals surface area contributed by atoms with E-state index in [1.165, 1.54) is 13.8 Å². The third-order valence-electron chi connectivity index (χ3n) is 3.51. The van der Waals surface area contributed by atoms with Gasteiger partial charge in [-0.15, -0.1) is 0 Å². The molecule has 2 aromatic rings. The molecular formula is C15H12BrF6N3O2. The molecule has 1 aromatic carbocycles. The Bertz CT molecular complexity index is 853. The Balaban J connectivity index is 2.30. The van der Waals surface area contributed by atoms with E-state index in [2.05, 4.69) is 31.1 Å². The highest BCUT2D eigenvalue weighted by molar-refractivity contribution is 9.10. The number of hydrogen-bond donors (Lipinski definition) is 1. The molecule has 0 bridgehead atoms. The minimum absolute atomic E-state index is 0.0353. The molecule has 0 radical (unpaired) electrons. The van der Waals surface area contributed by atoms with Crippen molar-refractivity contribution in [3.05, 3.63) is 39.9 Å². The predicted octanol–water partition coefficient (Wildman–Crippen LogP) is 4.91. The zero-order valence-electron chi connectivity index (χ0n) is 13.7. The summed E-state index contributed by atoms with van der Waals surface area (Å²) in [7, 11) is 0. The molecule has 12 heteroatoms. The molecule has 5 nitrogen and oxygen atoms in total. The van der Waals surface area contributed by atoms with E-state index in [0.717, 1.165) is 16.8 Å². The number of nitrogens with one attached hydrogen (secondary N) is 1. The Morgan fingerprint density at radius 2 is 1.96 bits per heavy atom. The lowest BCUT2D eigenvalue weighted by Gasteiger charge is -2.16. The van der Waals surface area contributed by atoms with Crippen LogP contribution in [0.25, 0.3) is 0 Å². The van der Waals surface area contributed by atoms with Crippen molar-refractivity contribution in [3.63, 3.8) is 0 Å². The summed E-state index contributed by atoms with van der Waals surface area (Å²) in [4.78, 5) is 12.4. The lowest BCUT2D eigenvalue weighted by molar-refractivity contribution is -0.142. The van der Waals surface area contributed by atoms with E-state index in [4.69, 9.17) is 0 Å². The molecule has 0 aliphatic carbocycles. The van der Waals surface area contributed by atoms with Gasteiger partial charge in [-0.2, -0.15) is 27.1 Å². The number of aromatic nitrogens is 2. The molecule has 1 aromatic heterocycles. The molecule has 1 unspecified atom stereocenters. The number of benzene rings is 1. The number of anilines is 1. The quantitative estimate of drug-likeness (QED) is 0.646. The molecule has 1 amide bonds. The fourth-order valence-electron chi connectivity index (χ4n) is 2.20. The van der Waals surface area contributed by atoms with Crippen molar-refractivity contribution in [3.8, 4) is 5.75 Å². The molecule has 2 rings (SSSR count). The zero-order chi connectivity index (χ0) is 20.5. The van der Waals surface area contributed by atoms with Crippen LogP contribution in [0.1, 0.15) is 24.4 Å². The lowest BCUT2D eigenvalue weighted by atomic mass is 10.2. The van der Waals surface area contributed by atoms with Gasteiger partial charge < -0.3 is 10.1 Å². The normalized spacial score (nSPS) is 13.0. The Morgan fingerprint density at radius 1 is 1.33 bits per heavy atom. The molecule has 1 heterocycles. The Morgan fingerprint density at radius 3 is 2.48 bits per heavy atom. The van der Waals surface area contributed by atoms with Gasteiger partial charge in [0.25, 0.3) is 0 Å². The third-order valence-corrected chi connectivity index (χ3v) is 4.46. The van der Waals surface area contributed by atoms with Crippen LogP contribution in [0.5, 0.6) is 5.75 Å². The van der Waals surface area contributed by atoms with Gasteiger partial charge in [0.05, 0.1) is 15.9 Å². The first-order chi connectivity index (χ1) is 12.4. The topological polar surface area (TPSA) is 56.2 Å². The molecule has 0 aliphatic rings. The first kappa shape index (κ1) is 21.1. The van der Waals surface area contributed by atoms with Gasteiger partial charge in [-0.25, -0.2) is 4.39 Å². The first-order valence-electron chi connectivity index (χ1n) is 7.28. The van der Waals surface area contributed by atoms with Crippen LogP contribution in [0, 0.1) is 12.7 Å². The second-order valence-electron chi connectivity index (χ2n) is 5.37. The van der Waals surface area contributed by atoms with Crippen molar-refractivity contribution in [2.24, 2.45) is 0 Å². The number of carbonyl (C=O) groups is 1. The highest BCUT2D eigenvalue weighted by Gasteiger charge is 2.39. The van der Waals surface area contributed by atoms with E-state index in [0.29, 0.717) is 6.07 Å². The molecule has 1 atom stereocenters. The average molecular weight is 460 g/mol. The van der Waals surface area contributed by atoms with E-state index in [1.807, 2.05) is 0 Å². The second kappa shape index (κ2) is 7.79. The van der Waals surface area contributed by atoms with E-state index in [9.17, 15) is 31.1 Å². The highest BCUT2D eigenvalue weighted by atomic mass is 79.9. The maximum absolute atomic E-state index is 13.2. The maximum atomic E-state index is 13.2. The summed E-state index contributed by atoms with van der Waals surface area (Å²) >= 11 is 2.79. The number of ether oxygens (including phenoxy) is 1. The van der Waals surface area contributed by atoms with Crippen LogP contribution in [0.15, 0.2) is 22.7 Å². The minimum Gasteiger partial charge on any atom is -0.432 e. The van der Waals surface area contributed by atoms with Crippen LogP contribution in [-0.2, 0) is 11.0 Å². The summed E-state index contributed by atoms with van der Waals surface area (Å²) in [5.41, 5.74) is -1.44. The standard InChI is InChI=1S/C15H12BrF6N3O2/c1-6-11(16)12(15(20,21)22)24-25(6)7(2)13(26)23-9-4-3-8(17)5-10(9)27-14(18)19/h3-5,7,14H,1-2H3,(H,23,26). The maximum Gasteiger partial charge on any atom is 0.436 e. The van der Waals surface area contributed by atoms with Gasteiger partial charge in [0, 0.05) is 6.07 Å². The van der Waals surface area contributed by atoms with Crippen LogP contribution in [0.2, 0.25) is 0 Å². The molecule has 1 N–H and O–H groups in total. The molecular weight excluding hydrogens is 448 g/mol. The highest BCUT2D eigenvalue weighted by Crippen LogP contribution is 2.36. The lowest BCUT2D eigenvalue weighted by Crippen LogP contribution is -2.26. The van der Waals surface area contributed by atoms with Crippen molar-refractivity contribution < 1.29 is 35.9 Å². The summed E-state index contributed by atoms with van der Waals surface area (Å²) in [6, 6.07) is 1.30. The van der Waals surface area contributed by atoms with Gasteiger partial charge in [-0.1, -0.05) is 0 Å². The van der Waals surface area contributed by atoms with Crippen LogP contribution in [-0.4, -0.2) is 22.3 Å². The largest absolute Gasteiger partial charge is 0.436 e. The fourth-order valence-corrected chi connectivity index (χ4v) is 2.68. The van der Waals surface area contributed by atoms with Crippen molar-refractivity contribution in [2.75, 3.05) is 5.32 Å². The summed E-state index contributed by atoms with van der Waals surface area (Å²) in [5.74, 6) is -2.37. The Hall–Kier alpha value is -2.24. The van der Waals surface area contributed by atoms with Crippen molar-refractivity contribution in [1.29, 1.82) is 0 Å². The molecule has 148 valence electrons. The summed E-state index contributed by atoms with van der Waals surface area (Å²) in [6.07, 6.45) is -4.74. The zero-order valence-corrected chi connectivity index (χ0v) is 15.3. The number of hydrogen-bond acceptors (Lipinski definition) is 3. The number of halogens is 7. The number of amides is 1. The average Bonchev–Trinajstić information content (AvgIpc) is 2.84. The Kier molecular flexibility index (Phi) is 6.07. The van der Waals surface area contributed by atoms with Gasteiger partial charge in [0.2, 0.25) is 5.91 Å². The second-order valence-corrected chi connectivity index (χ2v) is 6.17. The van der Waals surface area contributed by atoms with Gasteiger partial charge in [-0.05, 0) is 41.9 Å². The van der Waals surface area contributed by atoms with Crippen LogP contribution < -0.4 is 10.1 Å².